The number of aromatic nitrogens is 3. The second-order valence-electron chi connectivity index (χ2n) is 5.73. The first-order valence-corrected chi connectivity index (χ1v) is 9.21. The maximum atomic E-state index is 10.6. The van der Waals surface area contributed by atoms with Crippen LogP contribution in [0.15, 0.2) is 29.9 Å². The van der Waals surface area contributed by atoms with E-state index in [1.807, 2.05) is 6.20 Å². The SMILES string of the molecule is CCCc1cnc(-n2cc(O)cn2)s1.O=CNC1=C(C(=O)O)CCCC1. The molecule has 3 rings (SSSR count). The van der Waals surface area contributed by atoms with E-state index in [2.05, 4.69) is 22.3 Å². The van der Waals surface area contributed by atoms with Crippen LogP contribution in [0.3, 0.4) is 0 Å². The zero-order valence-electron chi connectivity index (χ0n) is 14.5. The van der Waals surface area contributed by atoms with Crippen molar-refractivity contribution < 1.29 is 19.8 Å². The summed E-state index contributed by atoms with van der Waals surface area (Å²) in [5.41, 5.74) is 0.928. The number of aromatic hydroxyl groups is 1. The van der Waals surface area contributed by atoms with Crippen molar-refractivity contribution >= 4 is 23.7 Å². The standard InChI is InChI=1S/C9H11N3OS.C8H11NO3/c1-2-3-8-5-10-9(14-8)12-6-7(13)4-11-12;10-5-9-7-4-2-1-3-6(7)8(11)12/h4-6,13H,2-3H2,1H3;5H,1-4H2,(H,9,10)(H,11,12). The minimum atomic E-state index is -0.918. The summed E-state index contributed by atoms with van der Waals surface area (Å²) in [6.45, 7) is 2.14. The molecule has 0 radical (unpaired) electrons. The Bertz CT molecular complexity index is 781. The molecule has 2 aromatic heterocycles. The highest BCUT2D eigenvalue weighted by Crippen LogP contribution is 2.22. The van der Waals surface area contributed by atoms with Gasteiger partial charge in [-0.25, -0.2) is 14.5 Å². The number of allylic oxidation sites excluding steroid dienone is 1. The van der Waals surface area contributed by atoms with Crippen molar-refractivity contribution in [3.05, 3.63) is 34.7 Å². The van der Waals surface area contributed by atoms with E-state index in [0.717, 1.165) is 30.8 Å². The number of nitrogens with one attached hydrogen (secondary N) is 1. The predicted octanol–water partition coefficient (Wildman–Crippen LogP) is 2.63. The summed E-state index contributed by atoms with van der Waals surface area (Å²) in [5.74, 6) is -0.753. The van der Waals surface area contributed by atoms with Gasteiger partial charge in [-0.3, -0.25) is 4.79 Å². The molecule has 0 saturated heterocycles. The van der Waals surface area contributed by atoms with Crippen LogP contribution >= 0.6 is 11.3 Å². The number of amides is 1. The maximum Gasteiger partial charge on any atom is 0.333 e. The highest BCUT2D eigenvalue weighted by molar-refractivity contribution is 7.14. The second kappa shape index (κ2) is 9.71. The molecule has 0 bridgehead atoms. The molecule has 26 heavy (non-hydrogen) atoms. The number of aliphatic carboxylic acids is 1. The number of carbonyl (C=O) groups is 2. The van der Waals surface area contributed by atoms with Crippen LogP contribution in [-0.4, -0.2) is 37.4 Å². The van der Waals surface area contributed by atoms with Gasteiger partial charge in [0.25, 0.3) is 0 Å². The summed E-state index contributed by atoms with van der Waals surface area (Å²) in [6.07, 6.45) is 10.6. The lowest BCUT2D eigenvalue weighted by molar-refractivity contribution is -0.133. The number of hydrogen-bond acceptors (Lipinski definition) is 6. The molecule has 0 atom stereocenters. The van der Waals surface area contributed by atoms with Crippen molar-refractivity contribution in [2.75, 3.05) is 0 Å². The molecule has 1 amide bonds. The van der Waals surface area contributed by atoms with Gasteiger partial charge in [-0.05, 0) is 32.1 Å². The third kappa shape index (κ3) is 5.41. The Morgan fingerprint density at radius 2 is 2.15 bits per heavy atom. The van der Waals surface area contributed by atoms with Crippen molar-refractivity contribution in [3.8, 4) is 10.9 Å². The number of carboxylic acids is 1. The summed E-state index contributed by atoms with van der Waals surface area (Å²) in [5, 5.41) is 25.0. The summed E-state index contributed by atoms with van der Waals surface area (Å²) < 4.78 is 1.58. The fourth-order valence-corrected chi connectivity index (χ4v) is 3.50. The summed E-state index contributed by atoms with van der Waals surface area (Å²) >= 11 is 1.60. The highest BCUT2D eigenvalue weighted by atomic mass is 32.1. The number of nitrogens with zero attached hydrogens (tertiary/aromatic N) is 3. The second-order valence-corrected chi connectivity index (χ2v) is 6.83. The van der Waals surface area contributed by atoms with Gasteiger partial charge in [0.15, 0.2) is 5.75 Å². The fraction of sp³-hybridized carbons (Fsp3) is 0.412. The summed E-state index contributed by atoms with van der Waals surface area (Å²) in [6, 6.07) is 0. The average molecular weight is 378 g/mol. The molecule has 0 unspecified atom stereocenters. The van der Waals surface area contributed by atoms with Crippen LogP contribution in [0.2, 0.25) is 0 Å². The largest absolute Gasteiger partial charge is 0.505 e. The van der Waals surface area contributed by atoms with Crippen molar-refractivity contribution in [2.24, 2.45) is 0 Å². The smallest absolute Gasteiger partial charge is 0.333 e. The van der Waals surface area contributed by atoms with Crippen molar-refractivity contribution in [1.82, 2.24) is 20.1 Å². The van der Waals surface area contributed by atoms with Crippen molar-refractivity contribution in [2.45, 2.75) is 45.4 Å². The van der Waals surface area contributed by atoms with Crippen molar-refractivity contribution in [1.29, 1.82) is 0 Å². The first-order chi connectivity index (χ1) is 12.5. The van der Waals surface area contributed by atoms with Gasteiger partial charge < -0.3 is 15.5 Å². The van der Waals surface area contributed by atoms with Gasteiger partial charge in [-0.2, -0.15) is 5.10 Å². The Kier molecular flexibility index (Phi) is 7.34. The minimum absolute atomic E-state index is 0.164. The lowest BCUT2D eigenvalue weighted by Crippen LogP contribution is -2.19. The van der Waals surface area contributed by atoms with E-state index in [9.17, 15) is 9.59 Å². The van der Waals surface area contributed by atoms with Gasteiger partial charge in [0.2, 0.25) is 11.5 Å². The molecule has 0 saturated carbocycles. The summed E-state index contributed by atoms with van der Waals surface area (Å²) in [4.78, 5) is 26.2. The lowest BCUT2D eigenvalue weighted by atomic mass is 9.96. The third-order valence-electron chi connectivity index (χ3n) is 3.76. The molecule has 9 heteroatoms. The number of carboxylic acid groups (broad SMARTS) is 1. The molecule has 3 N–H and O–H groups in total. The van der Waals surface area contributed by atoms with E-state index in [1.54, 1.807) is 22.2 Å². The van der Waals surface area contributed by atoms with E-state index in [1.165, 1.54) is 11.1 Å². The molecule has 1 aliphatic carbocycles. The van der Waals surface area contributed by atoms with Gasteiger partial charge in [-0.1, -0.05) is 24.7 Å². The molecule has 140 valence electrons. The Morgan fingerprint density at radius 1 is 1.38 bits per heavy atom. The molecule has 0 spiro atoms. The van der Waals surface area contributed by atoms with Gasteiger partial charge >= 0.3 is 5.97 Å². The van der Waals surface area contributed by atoms with Gasteiger partial charge in [0, 0.05) is 16.8 Å². The molecule has 1 aliphatic rings. The first kappa shape index (κ1) is 19.6. The van der Waals surface area contributed by atoms with Crippen molar-refractivity contribution in [3.63, 3.8) is 0 Å². The molecule has 0 aliphatic heterocycles. The topological polar surface area (TPSA) is 117 Å². The Morgan fingerprint density at radius 3 is 2.77 bits per heavy atom. The molecular weight excluding hydrogens is 356 g/mol. The van der Waals surface area contributed by atoms with E-state index < -0.39 is 5.97 Å². The van der Waals surface area contributed by atoms with E-state index >= 15 is 0 Å². The first-order valence-electron chi connectivity index (χ1n) is 8.39. The molecule has 0 fully saturated rings. The average Bonchev–Trinajstić information content (AvgIpc) is 3.25. The van der Waals surface area contributed by atoms with Gasteiger partial charge in [0.1, 0.15) is 0 Å². The van der Waals surface area contributed by atoms with E-state index in [4.69, 9.17) is 10.2 Å². The number of carbonyl (C=O) groups excluding carboxylic acids is 1. The lowest BCUT2D eigenvalue weighted by Gasteiger charge is -2.15. The molecule has 8 nitrogen and oxygen atoms in total. The van der Waals surface area contributed by atoms with Gasteiger partial charge in [0.05, 0.1) is 18.0 Å². The minimum Gasteiger partial charge on any atom is -0.505 e. The quantitative estimate of drug-likeness (QED) is 0.665. The maximum absolute atomic E-state index is 10.6. The van der Waals surface area contributed by atoms with Crippen LogP contribution in [0, 0.1) is 0 Å². The van der Waals surface area contributed by atoms with Gasteiger partial charge in [-0.15, -0.1) is 0 Å². The van der Waals surface area contributed by atoms with Crippen LogP contribution in [0.1, 0.15) is 43.9 Å². The third-order valence-corrected chi connectivity index (χ3v) is 4.81. The Labute approximate surface area is 155 Å². The molecular formula is C17H22N4O4S. The molecule has 2 heterocycles. The number of aryl methyl sites for hydroxylation is 1. The number of thiazole rings is 1. The molecule has 0 aromatic carbocycles. The number of hydrogen-bond donors (Lipinski definition) is 3. The van der Waals surface area contributed by atoms with Crippen LogP contribution in [-0.2, 0) is 16.0 Å². The van der Waals surface area contributed by atoms with Crippen LogP contribution in [0.5, 0.6) is 5.75 Å². The highest BCUT2D eigenvalue weighted by Gasteiger charge is 2.17. The number of rotatable bonds is 6. The summed E-state index contributed by atoms with van der Waals surface area (Å²) in [7, 11) is 0. The molecule has 2 aromatic rings. The normalized spacial score (nSPS) is 13.7. The predicted molar refractivity (Wildman–Crippen MR) is 97.2 cm³/mol. The monoisotopic (exact) mass is 378 g/mol. The van der Waals surface area contributed by atoms with E-state index in [-0.39, 0.29) is 5.75 Å². The van der Waals surface area contributed by atoms with Crippen LogP contribution < -0.4 is 5.32 Å². The zero-order chi connectivity index (χ0) is 18.9. The Hall–Kier alpha value is -2.68. The fourth-order valence-electron chi connectivity index (χ4n) is 2.55. The van der Waals surface area contributed by atoms with Crippen LogP contribution in [0.4, 0.5) is 0 Å². The van der Waals surface area contributed by atoms with E-state index in [0.29, 0.717) is 30.5 Å². The zero-order valence-corrected chi connectivity index (χ0v) is 15.3. The van der Waals surface area contributed by atoms with Crippen LogP contribution in [0.25, 0.3) is 5.13 Å². The Balaban J connectivity index is 0.000000190.